The van der Waals surface area contributed by atoms with Gasteiger partial charge in [-0.2, -0.15) is 0 Å². The number of nitrogens with one attached hydrogen (secondary N) is 1. The van der Waals surface area contributed by atoms with Crippen molar-refractivity contribution in [1.29, 1.82) is 0 Å². The zero-order valence-corrected chi connectivity index (χ0v) is 8.81. The highest BCUT2D eigenvalue weighted by Gasteiger charge is 2.56. The molecule has 2 aliphatic rings. The predicted octanol–water partition coefficient (Wildman–Crippen LogP) is 1.95. The van der Waals surface area contributed by atoms with E-state index >= 15 is 0 Å². The highest BCUT2D eigenvalue weighted by atomic mass is 16.2. The van der Waals surface area contributed by atoms with Crippen molar-refractivity contribution in [2.24, 2.45) is 16.7 Å². The van der Waals surface area contributed by atoms with Crippen molar-refractivity contribution >= 4 is 5.91 Å². The zero-order valence-electron chi connectivity index (χ0n) is 8.81. The summed E-state index contributed by atoms with van der Waals surface area (Å²) in [5.74, 6) is 0.472. The molecule has 2 unspecified atom stereocenters. The number of amides is 1. The van der Waals surface area contributed by atoms with Gasteiger partial charge in [0.15, 0.2) is 0 Å². The van der Waals surface area contributed by atoms with Crippen LogP contribution >= 0.6 is 0 Å². The summed E-state index contributed by atoms with van der Waals surface area (Å²) >= 11 is 0. The van der Waals surface area contributed by atoms with Gasteiger partial charge >= 0.3 is 0 Å². The second-order valence-corrected chi connectivity index (χ2v) is 5.33. The smallest absolute Gasteiger partial charge is 0.223 e. The number of hydrogen-bond donors (Lipinski definition) is 1. The lowest BCUT2D eigenvalue weighted by Crippen LogP contribution is -2.39. The molecule has 1 saturated carbocycles. The molecule has 74 valence electrons. The standard InChI is InChI=1S/C11H19NO/c1-8-9(13)12-7-11(8)6-4-5-10(11,2)3/h8H,4-7H2,1-3H3,(H,12,13). The van der Waals surface area contributed by atoms with Crippen molar-refractivity contribution in [2.75, 3.05) is 6.54 Å². The van der Waals surface area contributed by atoms with Gasteiger partial charge in [-0.25, -0.2) is 0 Å². The van der Waals surface area contributed by atoms with Crippen LogP contribution in [0.3, 0.4) is 0 Å². The molecule has 2 atom stereocenters. The van der Waals surface area contributed by atoms with Gasteiger partial charge in [0, 0.05) is 17.9 Å². The summed E-state index contributed by atoms with van der Waals surface area (Å²) in [5.41, 5.74) is 0.593. The van der Waals surface area contributed by atoms with Crippen LogP contribution in [0.1, 0.15) is 40.0 Å². The van der Waals surface area contributed by atoms with Crippen molar-refractivity contribution in [3.63, 3.8) is 0 Å². The van der Waals surface area contributed by atoms with E-state index in [9.17, 15) is 4.79 Å². The first-order valence-corrected chi connectivity index (χ1v) is 5.27. The van der Waals surface area contributed by atoms with Crippen molar-refractivity contribution < 1.29 is 4.79 Å². The van der Waals surface area contributed by atoms with Crippen LogP contribution in [-0.2, 0) is 4.79 Å². The number of rotatable bonds is 0. The monoisotopic (exact) mass is 181 g/mol. The maximum atomic E-state index is 11.5. The molecule has 0 aromatic rings. The minimum atomic E-state index is 0.213. The van der Waals surface area contributed by atoms with Crippen LogP contribution < -0.4 is 5.32 Å². The minimum Gasteiger partial charge on any atom is -0.355 e. The first-order chi connectivity index (χ1) is 6.00. The second-order valence-electron chi connectivity index (χ2n) is 5.33. The maximum absolute atomic E-state index is 11.5. The molecule has 2 rings (SSSR count). The lowest BCUT2D eigenvalue weighted by Gasteiger charge is -2.40. The largest absolute Gasteiger partial charge is 0.355 e. The highest BCUT2D eigenvalue weighted by molar-refractivity contribution is 5.82. The van der Waals surface area contributed by atoms with E-state index < -0.39 is 0 Å². The van der Waals surface area contributed by atoms with E-state index in [-0.39, 0.29) is 17.2 Å². The van der Waals surface area contributed by atoms with E-state index in [1.54, 1.807) is 0 Å². The van der Waals surface area contributed by atoms with Gasteiger partial charge in [-0.05, 0) is 18.3 Å². The molecule has 1 N–H and O–H groups in total. The molecule has 1 heterocycles. The third-order valence-electron chi connectivity index (χ3n) is 4.57. The fraction of sp³-hybridized carbons (Fsp3) is 0.909. The van der Waals surface area contributed by atoms with E-state index in [2.05, 4.69) is 26.1 Å². The summed E-state index contributed by atoms with van der Waals surface area (Å²) < 4.78 is 0. The molecule has 1 saturated heterocycles. The molecule has 2 nitrogen and oxygen atoms in total. The average Bonchev–Trinajstić information content (AvgIpc) is 2.49. The number of carbonyl (C=O) groups excluding carboxylic acids is 1. The van der Waals surface area contributed by atoms with Gasteiger partial charge in [0.1, 0.15) is 0 Å². The van der Waals surface area contributed by atoms with Crippen molar-refractivity contribution in [3.8, 4) is 0 Å². The highest BCUT2D eigenvalue weighted by Crippen LogP contribution is 2.58. The summed E-state index contributed by atoms with van der Waals surface area (Å²) in [6.07, 6.45) is 3.78. The molecule has 0 bridgehead atoms. The molecule has 0 aromatic heterocycles. The van der Waals surface area contributed by atoms with Gasteiger partial charge in [0.05, 0.1) is 0 Å². The first-order valence-electron chi connectivity index (χ1n) is 5.27. The SMILES string of the molecule is CC1C(=O)NCC12CCCC2(C)C. The third-order valence-corrected chi connectivity index (χ3v) is 4.57. The summed E-state index contributed by atoms with van der Waals surface area (Å²) in [4.78, 5) is 11.5. The summed E-state index contributed by atoms with van der Waals surface area (Å²) in [6, 6.07) is 0. The average molecular weight is 181 g/mol. The van der Waals surface area contributed by atoms with E-state index in [0.717, 1.165) is 6.54 Å². The van der Waals surface area contributed by atoms with Crippen LogP contribution in [0, 0.1) is 16.7 Å². The summed E-state index contributed by atoms with van der Waals surface area (Å²) in [6.45, 7) is 7.63. The quantitative estimate of drug-likeness (QED) is 0.608. The fourth-order valence-corrected chi connectivity index (χ4v) is 3.37. The van der Waals surface area contributed by atoms with Crippen molar-refractivity contribution in [3.05, 3.63) is 0 Å². The van der Waals surface area contributed by atoms with Gasteiger partial charge in [-0.1, -0.05) is 27.2 Å². The summed E-state index contributed by atoms with van der Waals surface area (Å²) in [7, 11) is 0. The molecule has 1 amide bonds. The van der Waals surface area contributed by atoms with Crippen molar-refractivity contribution in [2.45, 2.75) is 40.0 Å². The minimum absolute atomic E-state index is 0.213. The Morgan fingerprint density at radius 2 is 2.08 bits per heavy atom. The Morgan fingerprint density at radius 1 is 1.38 bits per heavy atom. The molecule has 1 spiro atoms. The molecule has 2 fully saturated rings. The maximum Gasteiger partial charge on any atom is 0.223 e. The van der Waals surface area contributed by atoms with Gasteiger partial charge in [0.2, 0.25) is 5.91 Å². The van der Waals surface area contributed by atoms with E-state index in [4.69, 9.17) is 0 Å². The molecule has 0 aromatic carbocycles. The predicted molar refractivity (Wildman–Crippen MR) is 52.2 cm³/mol. The van der Waals surface area contributed by atoms with Crippen LogP contribution in [0.4, 0.5) is 0 Å². The third kappa shape index (κ3) is 0.976. The molecule has 1 aliphatic carbocycles. The second kappa shape index (κ2) is 2.49. The Labute approximate surface area is 80.1 Å². The van der Waals surface area contributed by atoms with Gasteiger partial charge in [0.25, 0.3) is 0 Å². The van der Waals surface area contributed by atoms with E-state index in [1.165, 1.54) is 19.3 Å². The van der Waals surface area contributed by atoms with Gasteiger partial charge in [-0.15, -0.1) is 0 Å². The molecule has 13 heavy (non-hydrogen) atoms. The Bertz CT molecular complexity index is 246. The first kappa shape index (κ1) is 9.04. The summed E-state index contributed by atoms with van der Waals surface area (Å²) in [5, 5.41) is 3.02. The Balaban J connectivity index is 2.35. The molecular weight excluding hydrogens is 162 g/mol. The zero-order chi connectivity index (χ0) is 9.69. The molecule has 0 radical (unpaired) electrons. The molecular formula is C11H19NO. The molecule has 2 heteroatoms. The lowest BCUT2D eigenvalue weighted by molar-refractivity contribution is -0.124. The van der Waals surface area contributed by atoms with E-state index in [0.29, 0.717) is 5.41 Å². The Hall–Kier alpha value is -0.530. The number of carbonyl (C=O) groups is 1. The Morgan fingerprint density at radius 3 is 2.46 bits per heavy atom. The normalized spacial score (nSPS) is 42.7. The molecule has 1 aliphatic heterocycles. The number of hydrogen-bond acceptors (Lipinski definition) is 1. The lowest BCUT2D eigenvalue weighted by atomic mass is 9.63. The van der Waals surface area contributed by atoms with E-state index in [1.807, 2.05) is 0 Å². The Kier molecular flexibility index (Phi) is 1.73. The fourth-order valence-electron chi connectivity index (χ4n) is 3.37. The van der Waals surface area contributed by atoms with Gasteiger partial charge < -0.3 is 5.32 Å². The topological polar surface area (TPSA) is 29.1 Å². The van der Waals surface area contributed by atoms with Crippen LogP contribution in [0.15, 0.2) is 0 Å². The van der Waals surface area contributed by atoms with Gasteiger partial charge in [-0.3, -0.25) is 4.79 Å². The van der Waals surface area contributed by atoms with Crippen LogP contribution in [0.5, 0.6) is 0 Å². The van der Waals surface area contributed by atoms with Crippen molar-refractivity contribution in [1.82, 2.24) is 5.32 Å². The van der Waals surface area contributed by atoms with Crippen LogP contribution in [-0.4, -0.2) is 12.5 Å². The van der Waals surface area contributed by atoms with Crippen LogP contribution in [0.25, 0.3) is 0 Å². The van der Waals surface area contributed by atoms with Crippen LogP contribution in [0.2, 0.25) is 0 Å².